The van der Waals surface area contributed by atoms with Crippen molar-refractivity contribution in [2.75, 3.05) is 0 Å². The molecule has 0 aliphatic carbocycles. The summed E-state index contributed by atoms with van der Waals surface area (Å²) in [5.41, 5.74) is 0.303. The van der Waals surface area contributed by atoms with E-state index in [-0.39, 0.29) is 5.69 Å². The van der Waals surface area contributed by atoms with Gasteiger partial charge in [0.1, 0.15) is 0 Å². The predicted octanol–water partition coefficient (Wildman–Crippen LogP) is 3.69. The maximum Gasteiger partial charge on any atom is 0.454 e. The van der Waals surface area contributed by atoms with Gasteiger partial charge in [0.2, 0.25) is 0 Å². The molecule has 1 aromatic carbocycles. The number of benzene rings is 1. The van der Waals surface area contributed by atoms with Gasteiger partial charge in [-0.1, -0.05) is 15.9 Å². The van der Waals surface area contributed by atoms with Crippen molar-refractivity contribution in [1.29, 1.82) is 0 Å². The Morgan fingerprint density at radius 3 is 2.53 bits per heavy atom. The molecule has 0 atom stereocenters. The van der Waals surface area contributed by atoms with E-state index in [2.05, 4.69) is 21.0 Å². The number of aryl methyl sites for hydroxylation is 1. The van der Waals surface area contributed by atoms with E-state index in [0.29, 0.717) is 10.2 Å². The highest BCUT2D eigenvalue weighted by molar-refractivity contribution is 9.10. The highest BCUT2D eigenvalue weighted by Crippen LogP contribution is 2.27. The van der Waals surface area contributed by atoms with E-state index in [1.54, 1.807) is 19.1 Å². The lowest BCUT2D eigenvalue weighted by Gasteiger charge is -2.11. The average Bonchev–Trinajstić information content (AvgIpc) is 2.73. The zero-order valence-corrected chi connectivity index (χ0v) is 11.3. The Labute approximate surface area is 115 Å². The monoisotopic (exact) mass is 332 g/mol. The smallest absolute Gasteiger partial charge is 0.284 e. The number of rotatable bonds is 2. The summed E-state index contributed by atoms with van der Waals surface area (Å²) < 4.78 is 39.4. The van der Waals surface area contributed by atoms with Crippen LogP contribution in [0.3, 0.4) is 0 Å². The second-order valence-corrected chi connectivity index (χ2v) is 4.81. The van der Waals surface area contributed by atoms with E-state index in [1.165, 1.54) is 16.9 Å². The lowest BCUT2D eigenvalue weighted by molar-refractivity contribution is -0.0885. The van der Waals surface area contributed by atoms with Crippen molar-refractivity contribution in [2.45, 2.75) is 13.1 Å². The molecule has 0 unspecified atom stereocenters. The Hall–Kier alpha value is -1.63. The normalized spacial score (nSPS) is 11.6. The van der Waals surface area contributed by atoms with Crippen molar-refractivity contribution in [1.82, 2.24) is 9.78 Å². The molecule has 0 aliphatic rings. The van der Waals surface area contributed by atoms with Crippen LogP contribution >= 0.6 is 15.9 Å². The minimum atomic E-state index is -4.92. The molecular formula is C12H8BrF3N2O. The summed E-state index contributed by atoms with van der Waals surface area (Å²) in [6.07, 6.45) is -3.41. The van der Waals surface area contributed by atoms with Crippen molar-refractivity contribution in [3.63, 3.8) is 0 Å². The molecule has 0 spiro atoms. The molecule has 2 aromatic rings. The van der Waals surface area contributed by atoms with Gasteiger partial charge in [0, 0.05) is 10.7 Å². The summed E-state index contributed by atoms with van der Waals surface area (Å²) in [4.78, 5) is 11.4. The van der Waals surface area contributed by atoms with Crippen molar-refractivity contribution in [2.24, 2.45) is 0 Å². The van der Waals surface area contributed by atoms with Crippen molar-refractivity contribution in [3.05, 3.63) is 46.2 Å². The number of aromatic nitrogens is 2. The van der Waals surface area contributed by atoms with Crippen LogP contribution < -0.4 is 0 Å². The number of carbonyl (C=O) groups is 1. The summed E-state index contributed by atoms with van der Waals surface area (Å²) >= 11 is 3.06. The molecule has 3 nitrogen and oxygen atoms in total. The molecule has 0 N–H and O–H groups in total. The maximum atomic E-state index is 12.6. The van der Waals surface area contributed by atoms with E-state index in [0.717, 1.165) is 6.07 Å². The van der Waals surface area contributed by atoms with Crippen molar-refractivity contribution in [3.8, 4) is 5.69 Å². The predicted molar refractivity (Wildman–Crippen MR) is 66.4 cm³/mol. The molecule has 7 heteroatoms. The lowest BCUT2D eigenvalue weighted by Crippen LogP contribution is -2.24. The van der Waals surface area contributed by atoms with Crippen LogP contribution in [-0.2, 0) is 0 Å². The molecule has 100 valence electrons. The Balaban J connectivity index is 2.59. The molecule has 1 heterocycles. The van der Waals surface area contributed by atoms with Crippen LogP contribution in [0.25, 0.3) is 5.69 Å². The zero-order valence-electron chi connectivity index (χ0n) is 9.70. The molecule has 19 heavy (non-hydrogen) atoms. The van der Waals surface area contributed by atoms with Crippen LogP contribution in [0.2, 0.25) is 0 Å². The Morgan fingerprint density at radius 2 is 2.00 bits per heavy atom. The topological polar surface area (TPSA) is 34.9 Å². The highest BCUT2D eigenvalue weighted by atomic mass is 79.9. The molecule has 0 amide bonds. The maximum absolute atomic E-state index is 12.6. The van der Waals surface area contributed by atoms with Crippen molar-refractivity contribution >= 4 is 21.7 Å². The number of Topliss-reactive ketones (excluding diaryl/α,β-unsaturated/α-hetero) is 1. The molecule has 1 aromatic heterocycles. The third-order valence-corrected chi connectivity index (χ3v) is 2.92. The lowest BCUT2D eigenvalue weighted by atomic mass is 10.1. The SMILES string of the molecule is Cc1ccn(-c2ccc(Br)cc2C(=O)C(F)(F)F)n1. The van der Waals surface area contributed by atoms with Gasteiger partial charge in [-0.05, 0) is 31.2 Å². The van der Waals surface area contributed by atoms with Crippen LogP contribution in [0.1, 0.15) is 16.1 Å². The second kappa shape index (κ2) is 4.80. The van der Waals surface area contributed by atoms with E-state index >= 15 is 0 Å². The number of ketones is 1. The molecule has 0 saturated carbocycles. The first kappa shape index (κ1) is 13.8. The third-order valence-electron chi connectivity index (χ3n) is 2.43. The molecule has 2 rings (SSSR count). The molecule has 0 saturated heterocycles. The molecule has 0 fully saturated rings. The summed E-state index contributed by atoms with van der Waals surface area (Å²) in [6.45, 7) is 1.71. The van der Waals surface area contributed by atoms with Crippen LogP contribution in [0.5, 0.6) is 0 Å². The minimum absolute atomic E-state index is 0.0959. The van der Waals surface area contributed by atoms with E-state index in [1.807, 2.05) is 0 Å². The van der Waals surface area contributed by atoms with Gasteiger partial charge < -0.3 is 0 Å². The number of hydrogen-bond acceptors (Lipinski definition) is 2. The highest BCUT2D eigenvalue weighted by Gasteiger charge is 2.40. The van der Waals surface area contributed by atoms with Crippen LogP contribution in [-0.4, -0.2) is 21.7 Å². The van der Waals surface area contributed by atoms with Gasteiger partial charge in [-0.25, -0.2) is 4.68 Å². The number of halogens is 4. The van der Waals surface area contributed by atoms with Gasteiger partial charge in [0.25, 0.3) is 5.78 Å². The number of carbonyl (C=O) groups excluding carboxylic acids is 1. The van der Waals surface area contributed by atoms with Crippen LogP contribution in [0, 0.1) is 6.92 Å². The third kappa shape index (κ3) is 2.86. The first-order valence-corrected chi connectivity index (χ1v) is 6.02. The Bertz CT molecular complexity index is 634. The van der Waals surface area contributed by atoms with Crippen molar-refractivity contribution < 1.29 is 18.0 Å². The quantitative estimate of drug-likeness (QED) is 0.786. The summed E-state index contributed by atoms with van der Waals surface area (Å²) in [5.74, 6) is -1.89. The van der Waals surface area contributed by atoms with Crippen LogP contribution in [0.4, 0.5) is 13.2 Å². The van der Waals surface area contributed by atoms with Crippen LogP contribution in [0.15, 0.2) is 34.9 Å². The number of alkyl halides is 3. The van der Waals surface area contributed by atoms with Gasteiger partial charge in [0.15, 0.2) is 0 Å². The Morgan fingerprint density at radius 1 is 1.32 bits per heavy atom. The average molecular weight is 333 g/mol. The van der Waals surface area contributed by atoms with E-state index < -0.39 is 17.5 Å². The molecular weight excluding hydrogens is 325 g/mol. The first-order valence-electron chi connectivity index (χ1n) is 5.23. The first-order chi connectivity index (χ1) is 8.79. The van der Waals surface area contributed by atoms with Gasteiger partial charge in [-0.15, -0.1) is 0 Å². The van der Waals surface area contributed by atoms with Gasteiger partial charge >= 0.3 is 6.18 Å². The minimum Gasteiger partial charge on any atom is -0.284 e. The van der Waals surface area contributed by atoms with Gasteiger partial charge in [-0.3, -0.25) is 4.79 Å². The standard InChI is InChI=1S/C12H8BrF3N2O/c1-7-4-5-18(17-7)10-3-2-8(13)6-9(10)11(19)12(14,15)16/h2-6H,1H3. The fourth-order valence-electron chi connectivity index (χ4n) is 1.59. The molecule has 0 radical (unpaired) electrons. The molecule has 0 aliphatic heterocycles. The molecule has 0 bridgehead atoms. The van der Waals surface area contributed by atoms with E-state index in [9.17, 15) is 18.0 Å². The zero-order chi connectivity index (χ0) is 14.2. The number of hydrogen-bond donors (Lipinski definition) is 0. The van der Waals surface area contributed by atoms with Gasteiger partial charge in [0.05, 0.1) is 16.9 Å². The summed E-state index contributed by atoms with van der Waals surface area (Å²) in [5, 5.41) is 4.02. The number of nitrogens with zero attached hydrogens (tertiary/aromatic N) is 2. The second-order valence-electron chi connectivity index (χ2n) is 3.89. The van der Waals surface area contributed by atoms with Gasteiger partial charge in [-0.2, -0.15) is 18.3 Å². The summed E-state index contributed by atoms with van der Waals surface area (Å²) in [7, 11) is 0. The largest absolute Gasteiger partial charge is 0.454 e. The fourth-order valence-corrected chi connectivity index (χ4v) is 1.95. The summed E-state index contributed by atoms with van der Waals surface area (Å²) in [6, 6.07) is 5.75. The fraction of sp³-hybridized carbons (Fsp3) is 0.167. The van der Waals surface area contributed by atoms with E-state index in [4.69, 9.17) is 0 Å². The Kier molecular flexibility index (Phi) is 3.49.